The highest BCUT2D eigenvalue weighted by molar-refractivity contribution is 5.39. The molecule has 2 saturated carbocycles. The van der Waals surface area contributed by atoms with Gasteiger partial charge in [-0.25, -0.2) is 0 Å². The van der Waals surface area contributed by atoms with Gasteiger partial charge in [-0.15, -0.1) is 0 Å². The number of hydrogen-bond acceptors (Lipinski definition) is 1. The van der Waals surface area contributed by atoms with Crippen molar-refractivity contribution in [3.63, 3.8) is 0 Å². The Bertz CT molecular complexity index is 742. The molecule has 8 atom stereocenters. The van der Waals surface area contributed by atoms with Crippen LogP contribution in [0.5, 0.6) is 0 Å². The fraction of sp³-hybridized carbons (Fsp3) is 0.867. The van der Waals surface area contributed by atoms with Crippen LogP contribution in [0.3, 0.4) is 0 Å². The fourth-order valence-corrected chi connectivity index (χ4v) is 9.27. The average molecular weight is 427 g/mol. The van der Waals surface area contributed by atoms with Crippen molar-refractivity contribution in [2.24, 2.45) is 51.8 Å². The van der Waals surface area contributed by atoms with Crippen LogP contribution >= 0.6 is 0 Å². The molecule has 0 aromatic rings. The van der Waals surface area contributed by atoms with E-state index in [0.717, 1.165) is 24.2 Å². The maximum Gasteiger partial charge on any atom is 0.0579 e. The highest BCUT2D eigenvalue weighted by atomic mass is 16.3. The second-order valence-electron chi connectivity index (χ2n) is 13.5. The maximum atomic E-state index is 11.3. The molecule has 0 bridgehead atoms. The number of rotatable bonds is 5. The summed E-state index contributed by atoms with van der Waals surface area (Å²) in [5.41, 5.74) is 4.14. The predicted molar refractivity (Wildman–Crippen MR) is 133 cm³/mol. The molecule has 0 aromatic carbocycles. The quantitative estimate of drug-likeness (QED) is 0.439. The molecule has 176 valence electrons. The Morgan fingerprint density at radius 3 is 2.42 bits per heavy atom. The van der Waals surface area contributed by atoms with Crippen LogP contribution in [-0.2, 0) is 0 Å². The Morgan fingerprint density at radius 1 is 1.03 bits per heavy atom. The topological polar surface area (TPSA) is 20.2 Å². The third kappa shape index (κ3) is 3.60. The van der Waals surface area contributed by atoms with Crippen LogP contribution in [0.25, 0.3) is 0 Å². The second kappa shape index (κ2) is 8.03. The van der Waals surface area contributed by atoms with Crippen molar-refractivity contribution < 1.29 is 5.11 Å². The van der Waals surface area contributed by atoms with E-state index in [1.165, 1.54) is 44.9 Å². The minimum absolute atomic E-state index is 0.0917. The molecular formula is C30H50O. The van der Waals surface area contributed by atoms with E-state index in [-0.39, 0.29) is 11.5 Å². The van der Waals surface area contributed by atoms with E-state index in [9.17, 15) is 5.11 Å². The Hall–Kier alpha value is -0.560. The summed E-state index contributed by atoms with van der Waals surface area (Å²) in [6.45, 7) is 19.5. The summed E-state index contributed by atoms with van der Waals surface area (Å²) in [5, 5.41) is 11.3. The van der Waals surface area contributed by atoms with E-state index in [0.29, 0.717) is 28.6 Å². The van der Waals surface area contributed by atoms with E-state index in [4.69, 9.17) is 0 Å². The number of aliphatic hydroxyl groups is 1. The van der Waals surface area contributed by atoms with Crippen LogP contribution in [0.15, 0.2) is 23.3 Å². The first-order chi connectivity index (χ1) is 14.4. The minimum Gasteiger partial charge on any atom is -0.393 e. The van der Waals surface area contributed by atoms with E-state index in [2.05, 4.69) is 67.5 Å². The monoisotopic (exact) mass is 426 g/mol. The normalized spacial score (nSPS) is 44.8. The number of fused-ring (bicyclic) bond motifs is 5. The molecule has 0 spiro atoms. The minimum atomic E-state index is -0.0917. The molecule has 1 heteroatoms. The lowest BCUT2D eigenvalue weighted by molar-refractivity contribution is -0.0547. The van der Waals surface area contributed by atoms with Crippen molar-refractivity contribution in [1.82, 2.24) is 0 Å². The molecule has 1 nitrogen and oxygen atoms in total. The van der Waals surface area contributed by atoms with Gasteiger partial charge in [-0.05, 0) is 85.4 Å². The molecule has 31 heavy (non-hydrogen) atoms. The van der Waals surface area contributed by atoms with Crippen molar-refractivity contribution in [2.75, 3.05) is 0 Å². The SMILES string of the molecule is CC1=CC[C@@]2(C)C(=CC[C@H]3[C@@H]4C[C@H](O)[C@H]([C@H](C)CCCC(C)C)[C@@]4(C)CC[C@@H]32)C1(C)C. The third-order valence-electron chi connectivity index (χ3n) is 11.1. The molecule has 4 aliphatic rings. The Morgan fingerprint density at radius 2 is 1.74 bits per heavy atom. The first-order valence-electron chi connectivity index (χ1n) is 13.5. The molecule has 4 aliphatic carbocycles. The standard InChI is InChI=1S/C30H50O/c1-19(2)10-9-11-20(3)27-25(31)18-24-22-12-13-26-28(5,6)21(4)14-16-29(26,7)23(22)15-17-30(24,27)8/h13-14,19-20,22-25,27,31H,9-12,15-18H2,1-8H3/t20-,22-,23+,24+,25+,27+,29-,30+/m1/s1. The van der Waals surface area contributed by atoms with E-state index in [1.807, 2.05) is 0 Å². The van der Waals surface area contributed by atoms with Crippen LogP contribution in [0.1, 0.15) is 107 Å². The van der Waals surface area contributed by atoms with Crippen molar-refractivity contribution in [3.8, 4) is 0 Å². The predicted octanol–water partition coefficient (Wildman–Crippen LogP) is 8.19. The highest BCUT2D eigenvalue weighted by Gasteiger charge is 2.62. The zero-order chi connectivity index (χ0) is 22.8. The molecule has 0 unspecified atom stereocenters. The van der Waals surface area contributed by atoms with Gasteiger partial charge in [-0.1, -0.05) is 91.0 Å². The lowest BCUT2D eigenvalue weighted by Crippen LogP contribution is -2.52. The molecule has 0 amide bonds. The summed E-state index contributed by atoms with van der Waals surface area (Å²) in [4.78, 5) is 0. The fourth-order valence-electron chi connectivity index (χ4n) is 9.27. The molecule has 0 saturated heterocycles. The van der Waals surface area contributed by atoms with Crippen molar-refractivity contribution in [3.05, 3.63) is 23.3 Å². The number of hydrogen-bond donors (Lipinski definition) is 1. The molecular weight excluding hydrogens is 376 g/mol. The van der Waals surface area contributed by atoms with Gasteiger partial charge in [0.05, 0.1) is 6.10 Å². The van der Waals surface area contributed by atoms with Crippen LogP contribution in [0, 0.1) is 51.8 Å². The van der Waals surface area contributed by atoms with Gasteiger partial charge >= 0.3 is 0 Å². The van der Waals surface area contributed by atoms with Gasteiger partial charge < -0.3 is 5.11 Å². The third-order valence-corrected chi connectivity index (χ3v) is 11.1. The smallest absolute Gasteiger partial charge is 0.0579 e. The van der Waals surface area contributed by atoms with Gasteiger partial charge in [-0.2, -0.15) is 0 Å². The summed E-state index contributed by atoms with van der Waals surface area (Å²) < 4.78 is 0. The first kappa shape index (κ1) is 23.6. The van der Waals surface area contributed by atoms with Crippen LogP contribution in [0.4, 0.5) is 0 Å². The summed E-state index contributed by atoms with van der Waals surface area (Å²) >= 11 is 0. The van der Waals surface area contributed by atoms with Crippen molar-refractivity contribution in [1.29, 1.82) is 0 Å². The van der Waals surface area contributed by atoms with Crippen molar-refractivity contribution >= 4 is 0 Å². The van der Waals surface area contributed by atoms with Gasteiger partial charge in [0.25, 0.3) is 0 Å². The van der Waals surface area contributed by atoms with Crippen LogP contribution < -0.4 is 0 Å². The van der Waals surface area contributed by atoms with Gasteiger partial charge in [0, 0.05) is 5.41 Å². The van der Waals surface area contributed by atoms with Crippen LogP contribution in [-0.4, -0.2) is 11.2 Å². The lowest BCUT2D eigenvalue weighted by Gasteiger charge is -2.60. The molecule has 0 aromatic heterocycles. The highest BCUT2D eigenvalue weighted by Crippen LogP contribution is 2.68. The summed E-state index contributed by atoms with van der Waals surface area (Å²) in [7, 11) is 0. The van der Waals surface area contributed by atoms with Gasteiger partial charge in [0.15, 0.2) is 0 Å². The summed E-state index contributed by atoms with van der Waals surface area (Å²) in [5.74, 6) is 4.18. The molecule has 0 radical (unpaired) electrons. The van der Waals surface area contributed by atoms with Crippen LogP contribution in [0.2, 0.25) is 0 Å². The van der Waals surface area contributed by atoms with E-state index >= 15 is 0 Å². The maximum absolute atomic E-state index is 11.3. The number of aliphatic hydroxyl groups excluding tert-OH is 1. The van der Waals surface area contributed by atoms with E-state index in [1.54, 1.807) is 11.1 Å². The van der Waals surface area contributed by atoms with Gasteiger partial charge in [0.2, 0.25) is 0 Å². The second-order valence-corrected chi connectivity index (χ2v) is 13.5. The Balaban J connectivity index is 1.58. The molecule has 1 N–H and O–H groups in total. The summed E-state index contributed by atoms with van der Waals surface area (Å²) in [6.07, 6.45) is 15.2. The van der Waals surface area contributed by atoms with Crippen molar-refractivity contribution in [2.45, 2.75) is 113 Å². The molecule has 0 aliphatic heterocycles. The summed E-state index contributed by atoms with van der Waals surface area (Å²) in [6, 6.07) is 0. The van der Waals surface area contributed by atoms with Gasteiger partial charge in [-0.3, -0.25) is 0 Å². The van der Waals surface area contributed by atoms with E-state index < -0.39 is 0 Å². The van der Waals surface area contributed by atoms with Gasteiger partial charge in [0.1, 0.15) is 0 Å². The first-order valence-corrected chi connectivity index (χ1v) is 13.5. The lowest BCUT2D eigenvalue weighted by atomic mass is 9.45. The number of allylic oxidation sites excluding steroid dienone is 4. The molecule has 2 fully saturated rings. The molecule has 4 rings (SSSR count). The zero-order valence-electron chi connectivity index (χ0n) is 21.8. The molecule has 0 heterocycles. The Kier molecular flexibility index (Phi) is 6.11. The Labute approximate surface area is 193 Å². The zero-order valence-corrected chi connectivity index (χ0v) is 21.8. The average Bonchev–Trinajstić information content (AvgIpc) is 2.95. The largest absolute Gasteiger partial charge is 0.393 e.